The van der Waals surface area contributed by atoms with E-state index < -0.39 is 40.3 Å². The van der Waals surface area contributed by atoms with Gasteiger partial charge in [-0.3, -0.25) is 40.5 Å². The summed E-state index contributed by atoms with van der Waals surface area (Å²) >= 11 is 0. The molecule has 12 heteroatoms. The van der Waals surface area contributed by atoms with Crippen LogP contribution in [-0.2, 0) is 4.57 Å². The summed E-state index contributed by atoms with van der Waals surface area (Å²) in [5, 5.41) is 31.0. The molecule has 0 heterocycles. The Morgan fingerprint density at radius 3 is 2.05 bits per heavy atom. The molecule has 1 aromatic rings. The molecule has 0 unspecified atom stereocenters. The number of nitro groups is 2. The average Bonchev–Trinajstić information content (AvgIpc) is 2.25. The lowest BCUT2D eigenvalue weighted by Crippen LogP contribution is -2.25. The maximum Gasteiger partial charge on any atom is 0.389 e. The van der Waals surface area contributed by atoms with Gasteiger partial charge in [0.25, 0.3) is 0 Å². The molecular weight excluding hydrogens is 281 g/mol. The summed E-state index contributed by atoms with van der Waals surface area (Å²) in [7, 11) is -2.80. The third-order valence-corrected chi connectivity index (χ3v) is 3.44. The number of phenols is 1. The standard InChI is InChI=1S/C7H10N5O6P/c1-10(19(8,9)18)4-2-3-5(13)7(12(16)17)6(4)11(14)15/h2-3,13H,1H3,(H4,8,9,18). The Bertz CT molecular complexity index is 598. The molecule has 0 saturated heterocycles. The van der Waals surface area contributed by atoms with Gasteiger partial charge in [-0.1, -0.05) is 0 Å². The van der Waals surface area contributed by atoms with E-state index in [2.05, 4.69) is 0 Å². The quantitative estimate of drug-likeness (QED) is 0.408. The molecule has 0 fully saturated rings. The number of nitro benzene ring substituents is 2. The Balaban J connectivity index is 3.68. The van der Waals surface area contributed by atoms with Crippen molar-refractivity contribution in [2.45, 2.75) is 0 Å². The van der Waals surface area contributed by atoms with E-state index in [4.69, 9.17) is 11.0 Å². The topological polar surface area (TPSA) is 179 Å². The summed E-state index contributed by atoms with van der Waals surface area (Å²) in [4.78, 5) is 19.5. The summed E-state index contributed by atoms with van der Waals surface area (Å²) in [6.07, 6.45) is 0. The molecule has 0 amide bonds. The van der Waals surface area contributed by atoms with Crippen molar-refractivity contribution < 1.29 is 19.5 Å². The highest BCUT2D eigenvalue weighted by molar-refractivity contribution is 7.60. The van der Waals surface area contributed by atoms with E-state index in [9.17, 15) is 29.9 Å². The van der Waals surface area contributed by atoms with Gasteiger partial charge < -0.3 is 5.11 Å². The van der Waals surface area contributed by atoms with E-state index in [-0.39, 0.29) is 0 Å². The van der Waals surface area contributed by atoms with Gasteiger partial charge in [-0.2, -0.15) is 0 Å². The second-order valence-electron chi connectivity index (χ2n) is 3.51. The van der Waals surface area contributed by atoms with Crippen LogP contribution in [0, 0.1) is 20.2 Å². The minimum atomic E-state index is -3.89. The molecule has 5 N–H and O–H groups in total. The van der Waals surface area contributed by atoms with Crippen LogP contribution in [0.3, 0.4) is 0 Å². The maximum absolute atomic E-state index is 11.5. The van der Waals surface area contributed by atoms with Crippen LogP contribution in [0.25, 0.3) is 0 Å². The number of nitrogens with two attached hydrogens (primary N) is 2. The number of benzene rings is 1. The van der Waals surface area contributed by atoms with E-state index in [0.717, 1.165) is 19.2 Å². The normalized spacial score (nSPS) is 11.1. The Labute approximate surface area is 106 Å². The number of hydrogen-bond donors (Lipinski definition) is 3. The highest BCUT2D eigenvalue weighted by Crippen LogP contribution is 2.47. The highest BCUT2D eigenvalue weighted by Gasteiger charge is 2.36. The molecule has 11 nitrogen and oxygen atoms in total. The van der Waals surface area contributed by atoms with Gasteiger partial charge in [0.05, 0.1) is 9.85 Å². The first-order chi connectivity index (χ1) is 8.57. The first-order valence-electron chi connectivity index (χ1n) is 4.63. The van der Waals surface area contributed by atoms with Crippen molar-refractivity contribution >= 4 is 24.7 Å². The van der Waals surface area contributed by atoms with Crippen LogP contribution < -0.4 is 15.7 Å². The number of anilines is 1. The third-order valence-electron chi connectivity index (χ3n) is 2.29. The first kappa shape index (κ1) is 14.8. The van der Waals surface area contributed by atoms with Crippen molar-refractivity contribution in [1.82, 2.24) is 0 Å². The lowest BCUT2D eigenvalue weighted by atomic mass is 10.2. The van der Waals surface area contributed by atoms with Crippen molar-refractivity contribution in [3.05, 3.63) is 32.4 Å². The Morgan fingerprint density at radius 2 is 1.68 bits per heavy atom. The molecule has 0 aromatic heterocycles. The van der Waals surface area contributed by atoms with Crippen molar-refractivity contribution in [2.24, 2.45) is 11.0 Å². The SMILES string of the molecule is CN(c1ccc(O)c([N+](=O)[O-])c1[N+](=O)[O-])P(N)(N)=O. The molecule has 19 heavy (non-hydrogen) atoms. The molecule has 0 aliphatic rings. The lowest BCUT2D eigenvalue weighted by Gasteiger charge is -2.22. The van der Waals surface area contributed by atoms with E-state index >= 15 is 0 Å². The molecule has 1 rings (SSSR count). The van der Waals surface area contributed by atoms with Gasteiger partial charge in [-0.25, -0.2) is 0 Å². The van der Waals surface area contributed by atoms with Gasteiger partial charge in [0.15, 0.2) is 0 Å². The van der Waals surface area contributed by atoms with Gasteiger partial charge in [-0.05, 0) is 12.1 Å². The van der Waals surface area contributed by atoms with Crippen LogP contribution in [0.2, 0.25) is 0 Å². The highest BCUT2D eigenvalue weighted by atomic mass is 31.2. The number of nitrogens with zero attached hydrogens (tertiary/aromatic N) is 3. The molecular formula is C7H10N5O6P. The van der Waals surface area contributed by atoms with E-state index in [1.165, 1.54) is 0 Å². The van der Waals surface area contributed by atoms with Crippen LogP contribution in [0.5, 0.6) is 5.75 Å². The monoisotopic (exact) mass is 291 g/mol. The van der Waals surface area contributed by atoms with Crippen molar-refractivity contribution in [3.63, 3.8) is 0 Å². The van der Waals surface area contributed by atoms with E-state index in [0.29, 0.717) is 4.67 Å². The molecule has 104 valence electrons. The van der Waals surface area contributed by atoms with Crippen LogP contribution in [0.15, 0.2) is 12.1 Å². The third kappa shape index (κ3) is 2.78. The minimum Gasteiger partial charge on any atom is -0.502 e. The predicted octanol–water partition coefficient (Wildman–Crippen LogP) is 0.670. The fourth-order valence-corrected chi connectivity index (χ4v) is 1.85. The fraction of sp³-hybridized carbons (Fsp3) is 0.143. The molecule has 0 atom stereocenters. The smallest absolute Gasteiger partial charge is 0.389 e. The summed E-state index contributed by atoms with van der Waals surface area (Å²) in [6, 6.07) is 1.82. The van der Waals surface area contributed by atoms with Crippen LogP contribution in [0.1, 0.15) is 0 Å². The molecule has 0 aliphatic heterocycles. The minimum absolute atomic E-state index is 0.428. The van der Waals surface area contributed by atoms with E-state index in [1.807, 2.05) is 0 Å². The zero-order valence-corrected chi connectivity index (χ0v) is 10.5. The molecule has 0 aliphatic carbocycles. The average molecular weight is 291 g/mol. The van der Waals surface area contributed by atoms with Crippen LogP contribution >= 0.6 is 7.59 Å². The lowest BCUT2D eigenvalue weighted by molar-refractivity contribution is -0.422. The Morgan fingerprint density at radius 1 is 1.21 bits per heavy atom. The summed E-state index contributed by atoms with van der Waals surface area (Å²) in [5.41, 5.74) is 7.71. The summed E-state index contributed by atoms with van der Waals surface area (Å²) in [6.45, 7) is 0. The molecule has 0 saturated carbocycles. The summed E-state index contributed by atoms with van der Waals surface area (Å²) in [5.74, 6) is -0.891. The molecule has 0 spiro atoms. The van der Waals surface area contributed by atoms with Crippen molar-refractivity contribution in [2.75, 3.05) is 11.7 Å². The van der Waals surface area contributed by atoms with Gasteiger partial charge in [0.2, 0.25) is 5.75 Å². The summed E-state index contributed by atoms with van der Waals surface area (Å²) < 4.78 is 12.1. The van der Waals surface area contributed by atoms with Crippen molar-refractivity contribution in [3.8, 4) is 5.75 Å². The Kier molecular flexibility index (Phi) is 3.75. The molecule has 0 bridgehead atoms. The van der Waals surface area contributed by atoms with Crippen molar-refractivity contribution in [1.29, 1.82) is 0 Å². The van der Waals surface area contributed by atoms with Gasteiger partial charge in [0.1, 0.15) is 5.69 Å². The van der Waals surface area contributed by atoms with Gasteiger partial charge in [0, 0.05) is 7.05 Å². The first-order valence-corrected chi connectivity index (χ1v) is 6.43. The van der Waals surface area contributed by atoms with Crippen LogP contribution in [-0.4, -0.2) is 22.0 Å². The van der Waals surface area contributed by atoms with Gasteiger partial charge >= 0.3 is 19.0 Å². The Hall–Kier alpha value is -2.23. The molecule has 1 aromatic carbocycles. The molecule has 0 radical (unpaired) electrons. The zero-order chi connectivity index (χ0) is 15.0. The number of phenolic OH excluding ortho intramolecular Hbond substituents is 1. The zero-order valence-electron chi connectivity index (χ0n) is 9.59. The number of hydrogen-bond acceptors (Lipinski definition) is 6. The largest absolute Gasteiger partial charge is 0.502 e. The number of aromatic hydroxyl groups is 1. The second kappa shape index (κ2) is 4.80. The predicted molar refractivity (Wildman–Crippen MR) is 65.8 cm³/mol. The number of rotatable bonds is 4. The van der Waals surface area contributed by atoms with E-state index in [1.54, 1.807) is 0 Å². The fourth-order valence-electron chi connectivity index (χ4n) is 1.35. The maximum atomic E-state index is 11.5. The second-order valence-corrected chi connectivity index (χ2v) is 5.46. The van der Waals surface area contributed by atoms with Crippen LogP contribution in [0.4, 0.5) is 17.1 Å². The van der Waals surface area contributed by atoms with Gasteiger partial charge in [-0.15, -0.1) is 0 Å².